The Bertz CT molecular complexity index is 528. The summed E-state index contributed by atoms with van der Waals surface area (Å²) >= 11 is 3.66. The van der Waals surface area contributed by atoms with Crippen LogP contribution in [0.1, 0.15) is 25.5 Å². The molecule has 0 unspecified atom stereocenters. The minimum absolute atomic E-state index is 0.428. The van der Waals surface area contributed by atoms with Gasteiger partial charge in [0.25, 0.3) is 0 Å². The van der Waals surface area contributed by atoms with E-state index in [1.807, 2.05) is 6.07 Å². The monoisotopic (exact) mass is 281 g/mol. The van der Waals surface area contributed by atoms with E-state index in [0.717, 1.165) is 10.4 Å². The minimum Gasteiger partial charge on any atom is -0.497 e. The number of aromatic nitrogens is 1. The zero-order chi connectivity index (χ0) is 11.9. The van der Waals surface area contributed by atoms with Crippen molar-refractivity contribution in [3.63, 3.8) is 0 Å². The summed E-state index contributed by atoms with van der Waals surface area (Å²) < 4.78 is 8.72. The molecule has 16 heavy (non-hydrogen) atoms. The lowest BCUT2D eigenvalue weighted by atomic mass is 10.2. The lowest BCUT2D eigenvalue weighted by Gasteiger charge is -2.11. The van der Waals surface area contributed by atoms with Crippen molar-refractivity contribution in [3.8, 4) is 5.75 Å². The standard InChI is InChI=1S/C13H16BrNO/c1-8(2)15-12-7-10(16-4)5-6-11(12)9(3)13(15)14/h5-8H,1-4H3. The first kappa shape index (κ1) is 11.5. The van der Waals surface area contributed by atoms with Crippen LogP contribution in [0, 0.1) is 6.92 Å². The average molecular weight is 282 g/mol. The second-order valence-electron chi connectivity index (χ2n) is 4.26. The van der Waals surface area contributed by atoms with Crippen LogP contribution >= 0.6 is 15.9 Å². The predicted molar refractivity (Wildman–Crippen MR) is 71.3 cm³/mol. The van der Waals surface area contributed by atoms with Crippen molar-refractivity contribution in [3.05, 3.63) is 28.4 Å². The molecule has 0 saturated carbocycles. The quantitative estimate of drug-likeness (QED) is 0.801. The number of fused-ring (bicyclic) bond motifs is 1. The first-order valence-corrected chi connectivity index (χ1v) is 6.19. The summed E-state index contributed by atoms with van der Waals surface area (Å²) in [6.45, 7) is 6.50. The molecule has 0 bridgehead atoms. The maximum absolute atomic E-state index is 5.28. The molecule has 0 aliphatic heterocycles. The summed E-state index contributed by atoms with van der Waals surface area (Å²) in [5.41, 5.74) is 2.50. The summed E-state index contributed by atoms with van der Waals surface area (Å²) in [5, 5.41) is 1.28. The zero-order valence-corrected chi connectivity index (χ0v) is 11.6. The fourth-order valence-electron chi connectivity index (χ4n) is 2.06. The second kappa shape index (κ2) is 4.13. The Hall–Kier alpha value is -0.960. The van der Waals surface area contributed by atoms with E-state index in [-0.39, 0.29) is 0 Å². The van der Waals surface area contributed by atoms with Crippen molar-refractivity contribution in [2.75, 3.05) is 7.11 Å². The van der Waals surface area contributed by atoms with Gasteiger partial charge in [-0.1, -0.05) is 0 Å². The summed E-state index contributed by atoms with van der Waals surface area (Å²) in [6.07, 6.45) is 0. The summed E-state index contributed by atoms with van der Waals surface area (Å²) in [5.74, 6) is 0.902. The van der Waals surface area contributed by atoms with Gasteiger partial charge in [0.2, 0.25) is 0 Å². The van der Waals surface area contributed by atoms with Gasteiger partial charge in [-0.05, 0) is 54.4 Å². The molecule has 0 amide bonds. The Morgan fingerprint density at radius 3 is 2.56 bits per heavy atom. The molecule has 2 rings (SSSR count). The predicted octanol–water partition coefficient (Wildman–Crippen LogP) is 4.30. The third-order valence-electron chi connectivity index (χ3n) is 2.91. The highest BCUT2D eigenvalue weighted by Crippen LogP contribution is 2.34. The Labute approximate surface area is 104 Å². The van der Waals surface area contributed by atoms with Gasteiger partial charge in [-0.15, -0.1) is 0 Å². The highest BCUT2D eigenvalue weighted by atomic mass is 79.9. The van der Waals surface area contributed by atoms with Crippen LogP contribution in [0.2, 0.25) is 0 Å². The molecule has 2 aromatic rings. The van der Waals surface area contributed by atoms with Crippen LogP contribution in [0.3, 0.4) is 0 Å². The van der Waals surface area contributed by atoms with Gasteiger partial charge < -0.3 is 9.30 Å². The van der Waals surface area contributed by atoms with Crippen LogP contribution in [0.15, 0.2) is 22.8 Å². The van der Waals surface area contributed by atoms with Gasteiger partial charge >= 0.3 is 0 Å². The number of hydrogen-bond donors (Lipinski definition) is 0. The van der Waals surface area contributed by atoms with Gasteiger partial charge in [0, 0.05) is 17.5 Å². The third kappa shape index (κ3) is 1.63. The number of ether oxygens (including phenoxy) is 1. The molecule has 1 heterocycles. The fourth-order valence-corrected chi connectivity index (χ4v) is 2.87. The van der Waals surface area contributed by atoms with Crippen molar-refractivity contribution in [1.82, 2.24) is 4.57 Å². The van der Waals surface area contributed by atoms with Crippen molar-refractivity contribution < 1.29 is 4.74 Å². The maximum atomic E-state index is 5.28. The number of methoxy groups -OCH3 is 1. The topological polar surface area (TPSA) is 14.2 Å². The van der Waals surface area contributed by atoms with Gasteiger partial charge in [-0.25, -0.2) is 0 Å². The van der Waals surface area contributed by atoms with Crippen molar-refractivity contribution in [2.45, 2.75) is 26.8 Å². The van der Waals surface area contributed by atoms with Crippen LogP contribution in [0.4, 0.5) is 0 Å². The molecule has 0 radical (unpaired) electrons. The fraction of sp³-hybridized carbons (Fsp3) is 0.385. The first-order valence-electron chi connectivity index (χ1n) is 5.40. The van der Waals surface area contributed by atoms with Crippen LogP contribution < -0.4 is 4.74 Å². The summed E-state index contributed by atoms with van der Waals surface area (Å²) in [7, 11) is 1.70. The van der Waals surface area contributed by atoms with E-state index in [0.29, 0.717) is 6.04 Å². The van der Waals surface area contributed by atoms with Gasteiger partial charge in [0.05, 0.1) is 17.2 Å². The van der Waals surface area contributed by atoms with Crippen LogP contribution in [0.5, 0.6) is 5.75 Å². The highest BCUT2D eigenvalue weighted by Gasteiger charge is 2.14. The van der Waals surface area contributed by atoms with Gasteiger partial charge in [-0.2, -0.15) is 0 Å². The van der Waals surface area contributed by atoms with E-state index >= 15 is 0 Å². The molecule has 2 nitrogen and oxygen atoms in total. The van der Waals surface area contributed by atoms with Crippen LogP contribution in [-0.2, 0) is 0 Å². The highest BCUT2D eigenvalue weighted by molar-refractivity contribution is 9.10. The van der Waals surface area contributed by atoms with E-state index < -0.39 is 0 Å². The van der Waals surface area contributed by atoms with E-state index in [1.165, 1.54) is 16.5 Å². The molecule has 0 saturated heterocycles. The molecule has 0 N–H and O–H groups in total. The number of benzene rings is 1. The van der Waals surface area contributed by atoms with Gasteiger partial charge in [0.15, 0.2) is 0 Å². The molecular formula is C13H16BrNO. The maximum Gasteiger partial charge on any atom is 0.120 e. The molecule has 0 atom stereocenters. The number of hydrogen-bond acceptors (Lipinski definition) is 1. The number of aryl methyl sites for hydroxylation is 1. The van der Waals surface area contributed by atoms with E-state index in [4.69, 9.17) is 4.74 Å². The Morgan fingerprint density at radius 1 is 1.31 bits per heavy atom. The smallest absolute Gasteiger partial charge is 0.120 e. The normalized spacial score (nSPS) is 11.4. The lowest BCUT2D eigenvalue weighted by Crippen LogP contribution is -2.00. The zero-order valence-electron chi connectivity index (χ0n) is 10.0. The minimum atomic E-state index is 0.428. The number of halogens is 1. The number of rotatable bonds is 2. The van der Waals surface area contributed by atoms with Crippen molar-refractivity contribution in [1.29, 1.82) is 0 Å². The third-order valence-corrected chi connectivity index (χ3v) is 3.88. The molecule has 0 aliphatic rings. The Morgan fingerprint density at radius 2 is 2.00 bits per heavy atom. The first-order chi connectivity index (χ1) is 7.56. The SMILES string of the molecule is COc1ccc2c(C)c(Br)n(C(C)C)c2c1. The van der Waals surface area contributed by atoms with Crippen molar-refractivity contribution >= 4 is 26.8 Å². The van der Waals surface area contributed by atoms with Crippen LogP contribution in [0.25, 0.3) is 10.9 Å². The molecule has 0 spiro atoms. The average Bonchev–Trinajstić information content (AvgIpc) is 2.51. The van der Waals surface area contributed by atoms with Gasteiger partial charge in [-0.3, -0.25) is 0 Å². The summed E-state index contributed by atoms with van der Waals surface area (Å²) in [6, 6.07) is 6.64. The van der Waals surface area contributed by atoms with E-state index in [2.05, 4.69) is 53.4 Å². The molecule has 0 fully saturated rings. The second-order valence-corrected chi connectivity index (χ2v) is 5.01. The van der Waals surface area contributed by atoms with Crippen molar-refractivity contribution in [2.24, 2.45) is 0 Å². The molecular weight excluding hydrogens is 266 g/mol. The molecule has 0 aliphatic carbocycles. The Kier molecular flexibility index (Phi) is 2.98. The lowest BCUT2D eigenvalue weighted by molar-refractivity contribution is 0.415. The summed E-state index contributed by atoms with van der Waals surface area (Å²) in [4.78, 5) is 0. The number of nitrogens with zero attached hydrogens (tertiary/aromatic N) is 1. The van der Waals surface area contributed by atoms with Gasteiger partial charge in [0.1, 0.15) is 5.75 Å². The molecule has 1 aromatic carbocycles. The largest absolute Gasteiger partial charge is 0.497 e. The Balaban J connectivity index is 2.81. The molecule has 86 valence electrons. The molecule has 1 aromatic heterocycles. The van der Waals surface area contributed by atoms with Crippen LogP contribution in [-0.4, -0.2) is 11.7 Å². The van der Waals surface area contributed by atoms with E-state index in [1.54, 1.807) is 7.11 Å². The molecule has 3 heteroatoms. The van der Waals surface area contributed by atoms with E-state index in [9.17, 15) is 0 Å².